The number of nitrogens with zero attached hydrogens (tertiary/aromatic N) is 1. The zero-order valence-electron chi connectivity index (χ0n) is 22.7. The number of rotatable bonds is 4. The van der Waals surface area contributed by atoms with Gasteiger partial charge in [0.05, 0.1) is 11.0 Å². The standard InChI is InChI=1S/C39H27NO/c1-26-21-24-29(40-36-18-7-4-14-31(36)32-15-5-8-19-37(32)40)25-35(26)30-13-3-2-11-27(30)22-23-28-12-10-17-34-33-16-6-9-20-38(33)41-39(28)34/h2-25H,1H3/b23-22-. The third-order valence-electron chi connectivity index (χ3n) is 8.19. The van der Waals surface area contributed by atoms with Crippen LogP contribution < -0.4 is 0 Å². The second-order valence-electron chi connectivity index (χ2n) is 10.6. The Morgan fingerprint density at radius 3 is 1.93 bits per heavy atom. The van der Waals surface area contributed by atoms with Crippen LogP contribution in [-0.4, -0.2) is 4.57 Å². The van der Waals surface area contributed by atoms with Gasteiger partial charge in [0.15, 0.2) is 0 Å². The third-order valence-corrected chi connectivity index (χ3v) is 8.19. The van der Waals surface area contributed by atoms with Gasteiger partial charge in [0, 0.05) is 32.8 Å². The SMILES string of the molecule is Cc1ccc(-n2c3ccccc3c3ccccc32)cc1-c1ccccc1/C=C\c1cccc2c1oc1ccccc12. The van der Waals surface area contributed by atoms with Crippen LogP contribution in [0.15, 0.2) is 138 Å². The molecule has 0 bridgehead atoms. The lowest BCUT2D eigenvalue weighted by Gasteiger charge is -2.14. The molecule has 0 amide bonds. The largest absolute Gasteiger partial charge is 0.455 e. The van der Waals surface area contributed by atoms with E-state index in [0.717, 1.165) is 33.2 Å². The van der Waals surface area contributed by atoms with Gasteiger partial charge in [0.1, 0.15) is 11.2 Å². The molecule has 41 heavy (non-hydrogen) atoms. The number of hydrogen-bond donors (Lipinski definition) is 0. The van der Waals surface area contributed by atoms with E-state index >= 15 is 0 Å². The second kappa shape index (κ2) is 9.39. The number of fused-ring (bicyclic) bond motifs is 6. The monoisotopic (exact) mass is 525 g/mol. The highest BCUT2D eigenvalue weighted by molar-refractivity contribution is 6.09. The number of para-hydroxylation sites is 4. The van der Waals surface area contributed by atoms with Crippen molar-refractivity contribution in [3.8, 4) is 16.8 Å². The molecule has 0 aliphatic rings. The molecule has 8 rings (SSSR count). The molecule has 194 valence electrons. The Hall–Kier alpha value is -5.34. The van der Waals surface area contributed by atoms with Crippen molar-refractivity contribution in [3.05, 3.63) is 150 Å². The minimum atomic E-state index is 0.918. The van der Waals surface area contributed by atoms with Crippen molar-refractivity contribution in [2.75, 3.05) is 0 Å². The number of aromatic nitrogens is 1. The first-order chi connectivity index (χ1) is 20.3. The molecule has 0 atom stereocenters. The van der Waals surface area contributed by atoms with Crippen molar-refractivity contribution in [3.63, 3.8) is 0 Å². The molecule has 0 N–H and O–H groups in total. The van der Waals surface area contributed by atoms with Gasteiger partial charge in [-0.05, 0) is 59.5 Å². The molecule has 0 spiro atoms. The van der Waals surface area contributed by atoms with Crippen molar-refractivity contribution in [1.29, 1.82) is 0 Å². The van der Waals surface area contributed by atoms with E-state index in [-0.39, 0.29) is 0 Å². The van der Waals surface area contributed by atoms with E-state index in [1.165, 1.54) is 44.1 Å². The summed E-state index contributed by atoms with van der Waals surface area (Å²) in [6.07, 6.45) is 4.39. The Morgan fingerprint density at radius 1 is 0.512 bits per heavy atom. The van der Waals surface area contributed by atoms with E-state index in [9.17, 15) is 0 Å². The number of hydrogen-bond acceptors (Lipinski definition) is 1. The van der Waals surface area contributed by atoms with E-state index in [0.29, 0.717) is 0 Å². The van der Waals surface area contributed by atoms with Crippen molar-refractivity contribution in [2.45, 2.75) is 6.92 Å². The van der Waals surface area contributed by atoms with Crippen molar-refractivity contribution in [1.82, 2.24) is 4.57 Å². The zero-order valence-corrected chi connectivity index (χ0v) is 22.7. The average molecular weight is 526 g/mol. The van der Waals surface area contributed by atoms with E-state index in [1.54, 1.807) is 0 Å². The molecule has 0 radical (unpaired) electrons. The van der Waals surface area contributed by atoms with Crippen LogP contribution in [0, 0.1) is 6.92 Å². The van der Waals surface area contributed by atoms with E-state index in [4.69, 9.17) is 4.42 Å². The van der Waals surface area contributed by atoms with Crippen LogP contribution >= 0.6 is 0 Å². The van der Waals surface area contributed by atoms with Crippen LogP contribution in [-0.2, 0) is 0 Å². The van der Waals surface area contributed by atoms with E-state index < -0.39 is 0 Å². The van der Waals surface area contributed by atoms with Crippen LogP contribution in [0.5, 0.6) is 0 Å². The molecule has 8 aromatic rings. The molecule has 2 heterocycles. The van der Waals surface area contributed by atoms with Gasteiger partial charge in [-0.1, -0.05) is 115 Å². The fourth-order valence-corrected chi connectivity index (χ4v) is 6.21. The summed E-state index contributed by atoms with van der Waals surface area (Å²) in [5, 5.41) is 4.84. The van der Waals surface area contributed by atoms with Crippen LogP contribution in [0.2, 0.25) is 0 Å². The summed E-state index contributed by atoms with van der Waals surface area (Å²) in [6, 6.07) is 47.4. The minimum absolute atomic E-state index is 0.918. The maximum atomic E-state index is 6.28. The molecule has 2 heteroatoms. The molecule has 2 nitrogen and oxygen atoms in total. The first kappa shape index (κ1) is 23.5. The maximum absolute atomic E-state index is 6.28. The van der Waals surface area contributed by atoms with Gasteiger partial charge >= 0.3 is 0 Å². The van der Waals surface area contributed by atoms with Gasteiger partial charge in [-0.2, -0.15) is 0 Å². The molecule has 0 aliphatic carbocycles. The van der Waals surface area contributed by atoms with E-state index in [2.05, 4.69) is 145 Å². The molecule has 0 saturated carbocycles. The fourth-order valence-electron chi connectivity index (χ4n) is 6.21. The molecule has 0 saturated heterocycles. The van der Waals surface area contributed by atoms with Gasteiger partial charge in [0.25, 0.3) is 0 Å². The summed E-state index contributed by atoms with van der Waals surface area (Å²) in [6.45, 7) is 2.20. The van der Waals surface area contributed by atoms with Crippen molar-refractivity contribution in [2.24, 2.45) is 0 Å². The highest BCUT2D eigenvalue weighted by atomic mass is 16.3. The Labute approximate surface area is 238 Å². The first-order valence-electron chi connectivity index (χ1n) is 14.0. The highest BCUT2D eigenvalue weighted by Crippen LogP contribution is 2.36. The lowest BCUT2D eigenvalue weighted by atomic mass is 9.94. The molecule has 0 fully saturated rings. The Bertz CT molecular complexity index is 2220. The summed E-state index contributed by atoms with van der Waals surface area (Å²) >= 11 is 0. The van der Waals surface area contributed by atoms with Crippen LogP contribution in [0.4, 0.5) is 0 Å². The molecule has 0 unspecified atom stereocenters. The van der Waals surface area contributed by atoms with Gasteiger partial charge in [-0.15, -0.1) is 0 Å². The van der Waals surface area contributed by atoms with Crippen LogP contribution in [0.1, 0.15) is 16.7 Å². The fraction of sp³-hybridized carbons (Fsp3) is 0.0256. The lowest BCUT2D eigenvalue weighted by molar-refractivity contribution is 0.668. The van der Waals surface area contributed by atoms with Crippen molar-refractivity contribution >= 4 is 55.9 Å². The van der Waals surface area contributed by atoms with E-state index in [1.807, 2.05) is 12.1 Å². The topological polar surface area (TPSA) is 18.1 Å². The number of aryl methyl sites for hydroxylation is 1. The predicted molar refractivity (Wildman–Crippen MR) is 174 cm³/mol. The molecular formula is C39H27NO. The molecule has 2 aromatic heterocycles. The second-order valence-corrected chi connectivity index (χ2v) is 10.6. The van der Waals surface area contributed by atoms with Gasteiger partial charge in [0.2, 0.25) is 0 Å². The molecular weight excluding hydrogens is 498 g/mol. The molecule has 0 aliphatic heterocycles. The first-order valence-corrected chi connectivity index (χ1v) is 14.0. The van der Waals surface area contributed by atoms with Gasteiger partial charge < -0.3 is 8.98 Å². The smallest absolute Gasteiger partial charge is 0.142 e. The van der Waals surface area contributed by atoms with Crippen molar-refractivity contribution < 1.29 is 4.42 Å². The summed E-state index contributed by atoms with van der Waals surface area (Å²) < 4.78 is 8.66. The normalized spacial score (nSPS) is 11.9. The van der Waals surface area contributed by atoms with Crippen LogP contribution in [0.25, 0.3) is 72.7 Å². The summed E-state index contributed by atoms with van der Waals surface area (Å²) in [7, 11) is 0. The quantitative estimate of drug-likeness (QED) is 0.209. The summed E-state index contributed by atoms with van der Waals surface area (Å²) in [4.78, 5) is 0. The summed E-state index contributed by atoms with van der Waals surface area (Å²) in [5.74, 6) is 0. The third kappa shape index (κ3) is 3.80. The number of furan rings is 1. The summed E-state index contributed by atoms with van der Waals surface area (Å²) in [5.41, 5.74) is 11.4. The Kier molecular flexibility index (Phi) is 5.39. The zero-order chi connectivity index (χ0) is 27.3. The van der Waals surface area contributed by atoms with Gasteiger partial charge in [-0.3, -0.25) is 0 Å². The Balaban J connectivity index is 1.26. The minimum Gasteiger partial charge on any atom is -0.455 e. The highest BCUT2D eigenvalue weighted by Gasteiger charge is 2.14. The lowest BCUT2D eigenvalue weighted by Crippen LogP contribution is -1.96. The van der Waals surface area contributed by atoms with Gasteiger partial charge in [-0.25, -0.2) is 0 Å². The molecule has 6 aromatic carbocycles. The predicted octanol–water partition coefficient (Wildman–Crippen LogP) is 10.8. The Morgan fingerprint density at radius 2 is 1.12 bits per heavy atom. The maximum Gasteiger partial charge on any atom is 0.142 e. The van der Waals surface area contributed by atoms with Crippen LogP contribution in [0.3, 0.4) is 0 Å². The number of benzene rings is 6. The average Bonchev–Trinajstić information content (AvgIpc) is 3.57.